The number of amides is 3. The molecule has 9 nitrogen and oxygen atoms in total. The van der Waals surface area contributed by atoms with Gasteiger partial charge >= 0.3 is 35.6 Å². The van der Waals surface area contributed by atoms with E-state index in [0.717, 1.165) is 5.01 Å². The molecule has 0 radical (unpaired) electrons. The smallest absolute Gasteiger partial charge is 0.731 e. The molecule has 23 heavy (non-hydrogen) atoms. The minimum atomic E-state index is -4.84. The molecule has 1 aromatic carbocycles. The van der Waals surface area contributed by atoms with Crippen molar-refractivity contribution in [1.82, 2.24) is 9.21 Å². The van der Waals surface area contributed by atoms with Gasteiger partial charge in [0.15, 0.2) is 10.3 Å². The summed E-state index contributed by atoms with van der Waals surface area (Å²) in [5, 5.41) is 0.893. The van der Waals surface area contributed by atoms with Crippen molar-refractivity contribution >= 4 is 27.9 Å². The summed E-state index contributed by atoms with van der Waals surface area (Å²) in [5.74, 6) is 4.87. The molecule has 2 aliphatic rings. The first-order valence-electron chi connectivity index (χ1n) is 6.52. The zero-order chi connectivity index (χ0) is 16.1. The Labute approximate surface area is 155 Å². The van der Waals surface area contributed by atoms with Gasteiger partial charge in [0.1, 0.15) is 6.04 Å². The molecule has 1 aromatic rings. The van der Waals surface area contributed by atoms with Crippen LogP contribution < -0.4 is 40.4 Å². The number of benzene rings is 1. The summed E-state index contributed by atoms with van der Waals surface area (Å²) in [5.41, 5.74) is 0.441. The van der Waals surface area contributed by atoms with E-state index in [-0.39, 0.29) is 42.5 Å². The molecule has 11 heteroatoms. The maximum absolute atomic E-state index is 12.4. The fraction of sp³-hybridized carbons (Fsp3) is 0.333. The average Bonchev–Trinajstić information content (AvgIpc) is 2.83. The van der Waals surface area contributed by atoms with Gasteiger partial charge in [-0.3, -0.25) is 4.79 Å². The van der Waals surface area contributed by atoms with Gasteiger partial charge in [0.2, 0.25) is 0 Å². The van der Waals surface area contributed by atoms with Crippen molar-refractivity contribution in [3.63, 3.8) is 0 Å². The molecule has 0 bridgehead atoms. The molecule has 0 unspecified atom stereocenters. The average molecular weight is 348 g/mol. The fourth-order valence-electron chi connectivity index (χ4n) is 2.86. The van der Waals surface area contributed by atoms with E-state index in [1.54, 1.807) is 30.3 Å². The normalized spacial score (nSPS) is 23.0. The summed E-state index contributed by atoms with van der Waals surface area (Å²) in [6, 6.07) is 6.08. The van der Waals surface area contributed by atoms with Gasteiger partial charge in [-0.1, -0.05) is 18.2 Å². The second-order valence-electron chi connectivity index (χ2n) is 5.07. The zero-order valence-corrected chi connectivity index (χ0v) is 15.1. The number of hydrogen-bond donors (Lipinski definition) is 1. The molecule has 2 aliphatic heterocycles. The van der Waals surface area contributed by atoms with E-state index in [4.69, 9.17) is 5.84 Å². The second-order valence-corrected chi connectivity index (χ2v) is 6.32. The third-order valence-electron chi connectivity index (χ3n) is 3.86. The Morgan fingerprint density at radius 2 is 1.91 bits per heavy atom. The van der Waals surface area contributed by atoms with Crippen LogP contribution in [0.15, 0.2) is 30.3 Å². The Morgan fingerprint density at radius 1 is 1.30 bits per heavy atom. The summed E-state index contributed by atoms with van der Waals surface area (Å²) in [7, 11) is -4.84. The molecular weight excluding hydrogens is 335 g/mol. The van der Waals surface area contributed by atoms with Crippen LogP contribution >= 0.6 is 0 Å². The second kappa shape index (κ2) is 6.38. The van der Waals surface area contributed by atoms with Crippen LogP contribution in [0, 0.1) is 0 Å². The van der Waals surface area contributed by atoms with Crippen molar-refractivity contribution in [2.45, 2.75) is 18.5 Å². The predicted molar refractivity (Wildman–Crippen MR) is 73.9 cm³/mol. The molecule has 118 valence electrons. The molecule has 0 aromatic heterocycles. The molecule has 0 spiro atoms. The first-order chi connectivity index (χ1) is 10.3. The number of likely N-dealkylation sites (tertiary alicyclic amines) is 1. The van der Waals surface area contributed by atoms with Crippen molar-refractivity contribution in [3.8, 4) is 0 Å². The minimum absolute atomic E-state index is 0. The van der Waals surface area contributed by atoms with Gasteiger partial charge < -0.3 is 9.45 Å². The number of anilines is 1. The molecule has 2 saturated heterocycles. The topological polar surface area (TPSA) is 127 Å². The first kappa shape index (κ1) is 18.2. The SMILES string of the molecule is NN(C(=O)N1CC[C@@H]2[C@H]1C(=O)N2S(=O)(=O)[O-])c1ccccc1.[Na+]. The molecule has 0 saturated carbocycles. The summed E-state index contributed by atoms with van der Waals surface area (Å²) in [4.78, 5) is 25.4. The van der Waals surface area contributed by atoms with Gasteiger partial charge in [0.25, 0.3) is 5.91 Å². The van der Waals surface area contributed by atoms with Gasteiger partial charge in [-0.25, -0.2) is 28.4 Å². The van der Waals surface area contributed by atoms with Gasteiger partial charge in [-0.2, -0.15) is 0 Å². The van der Waals surface area contributed by atoms with Crippen LogP contribution in [-0.2, 0) is 15.1 Å². The summed E-state index contributed by atoms with van der Waals surface area (Å²) < 4.78 is 33.3. The number of carbonyl (C=O) groups is 2. The van der Waals surface area contributed by atoms with Crippen molar-refractivity contribution in [1.29, 1.82) is 0 Å². The van der Waals surface area contributed by atoms with E-state index in [1.807, 2.05) is 0 Å². The van der Waals surface area contributed by atoms with Crippen LogP contribution in [0.5, 0.6) is 0 Å². The number of hydrogen-bond acceptors (Lipinski definition) is 6. The maximum atomic E-state index is 12.4. The Morgan fingerprint density at radius 3 is 2.48 bits per heavy atom. The largest absolute Gasteiger partial charge is 1.00 e. The van der Waals surface area contributed by atoms with E-state index in [2.05, 4.69) is 0 Å². The van der Waals surface area contributed by atoms with E-state index in [0.29, 0.717) is 9.99 Å². The predicted octanol–water partition coefficient (Wildman–Crippen LogP) is -3.76. The van der Waals surface area contributed by atoms with Gasteiger partial charge in [0, 0.05) is 6.54 Å². The number of nitrogens with two attached hydrogens (primary N) is 1. The summed E-state index contributed by atoms with van der Waals surface area (Å²) in [6.07, 6.45) is 0.228. The molecule has 2 N–H and O–H groups in total. The van der Waals surface area contributed by atoms with E-state index in [9.17, 15) is 22.6 Å². The van der Waals surface area contributed by atoms with Crippen molar-refractivity contribution in [2.75, 3.05) is 11.6 Å². The first-order valence-corrected chi connectivity index (χ1v) is 7.88. The van der Waals surface area contributed by atoms with Crippen LogP contribution in [-0.4, -0.2) is 52.7 Å². The van der Waals surface area contributed by atoms with E-state index in [1.165, 1.54) is 4.90 Å². The minimum Gasteiger partial charge on any atom is -0.731 e. The number of β-lactam (4-membered cyclic amide) rings is 1. The number of hydrazine groups is 1. The fourth-order valence-corrected chi connectivity index (χ4v) is 3.74. The Kier molecular flexibility index (Phi) is 5.04. The number of fused-ring (bicyclic) bond motifs is 1. The van der Waals surface area contributed by atoms with Crippen LogP contribution in [0.1, 0.15) is 6.42 Å². The number of para-hydroxylation sites is 1. The van der Waals surface area contributed by atoms with Gasteiger partial charge in [0.05, 0.1) is 11.7 Å². The molecule has 3 rings (SSSR count). The Balaban J connectivity index is 0.00000192. The number of rotatable bonds is 2. The number of nitrogens with zero attached hydrogens (tertiary/aromatic N) is 3. The molecule has 2 heterocycles. The summed E-state index contributed by atoms with van der Waals surface area (Å²) >= 11 is 0. The van der Waals surface area contributed by atoms with Crippen molar-refractivity contribution < 1.29 is 52.1 Å². The third-order valence-corrected chi connectivity index (χ3v) is 4.80. The molecule has 2 fully saturated rings. The van der Waals surface area contributed by atoms with Crippen molar-refractivity contribution in [3.05, 3.63) is 30.3 Å². The van der Waals surface area contributed by atoms with Crippen LogP contribution in [0.2, 0.25) is 0 Å². The number of urea groups is 1. The number of carbonyl (C=O) groups excluding carboxylic acids is 2. The van der Waals surface area contributed by atoms with Gasteiger partial charge in [-0.05, 0) is 18.6 Å². The van der Waals surface area contributed by atoms with Crippen LogP contribution in [0.4, 0.5) is 10.5 Å². The zero-order valence-electron chi connectivity index (χ0n) is 12.3. The Hall–Kier alpha value is -1.17. The van der Waals surface area contributed by atoms with Crippen molar-refractivity contribution in [2.24, 2.45) is 5.84 Å². The molecule has 0 aliphatic carbocycles. The maximum Gasteiger partial charge on any atom is 1.00 e. The van der Waals surface area contributed by atoms with Crippen LogP contribution in [0.25, 0.3) is 0 Å². The quantitative estimate of drug-likeness (QED) is 0.146. The molecular formula is C12H13N4NaO5S. The standard InChI is InChI=1S/C12H14N4O5S.Na/c13-15(8-4-2-1-3-5-8)12(18)14-7-6-9-10(14)11(17)16(9)22(19,20)21;/h1-5,9-10H,6-7,13H2,(H,19,20,21);/q;+1/p-1/t9-,10+;/m1./s1. The van der Waals surface area contributed by atoms with Gasteiger partial charge in [-0.15, -0.1) is 0 Å². The molecule has 2 atom stereocenters. The van der Waals surface area contributed by atoms with Crippen LogP contribution in [0.3, 0.4) is 0 Å². The van der Waals surface area contributed by atoms with E-state index < -0.39 is 34.3 Å². The summed E-state index contributed by atoms with van der Waals surface area (Å²) in [6.45, 7) is 0.159. The molecule has 3 amide bonds. The van der Waals surface area contributed by atoms with E-state index >= 15 is 0 Å². The third kappa shape index (κ3) is 2.97. The monoisotopic (exact) mass is 348 g/mol. The Bertz CT molecular complexity index is 728.